The van der Waals surface area contributed by atoms with Crippen LogP contribution < -0.4 is 15.0 Å². The van der Waals surface area contributed by atoms with E-state index in [0.29, 0.717) is 17.8 Å². The summed E-state index contributed by atoms with van der Waals surface area (Å²) in [6.45, 7) is 3.77. The molecule has 1 heterocycles. The number of carbonyl (C=O) groups excluding carboxylic acids is 1. The Labute approximate surface area is 153 Å². The molecule has 0 saturated carbocycles. The van der Waals surface area contributed by atoms with Crippen LogP contribution in [0.15, 0.2) is 48.5 Å². The van der Waals surface area contributed by atoms with Crippen LogP contribution in [0.1, 0.15) is 5.56 Å². The molecule has 0 unspecified atom stereocenters. The largest absolute Gasteiger partial charge is 0.497 e. The van der Waals surface area contributed by atoms with Crippen LogP contribution in [-0.2, 0) is 4.79 Å². The molecule has 134 valence electrons. The van der Waals surface area contributed by atoms with Crippen molar-refractivity contribution in [1.29, 1.82) is 5.26 Å². The van der Waals surface area contributed by atoms with Gasteiger partial charge in [0, 0.05) is 37.6 Å². The van der Waals surface area contributed by atoms with Crippen LogP contribution in [0.5, 0.6) is 5.75 Å². The zero-order valence-corrected chi connectivity index (χ0v) is 14.8. The summed E-state index contributed by atoms with van der Waals surface area (Å²) in [6, 6.07) is 17.1. The third-order valence-corrected chi connectivity index (χ3v) is 4.45. The molecule has 1 aliphatic heterocycles. The molecule has 0 bridgehead atoms. The molecule has 3 rings (SSSR count). The standard InChI is InChI=1S/C20H22N4O2/c1-26-19-7-5-18(6-8-19)24-11-9-23(10-12-24)15-20(25)22-17-4-2-3-16(13-17)14-21/h2-8,13H,9-12,15H2,1H3,(H,22,25). The summed E-state index contributed by atoms with van der Waals surface area (Å²) >= 11 is 0. The topological polar surface area (TPSA) is 68.6 Å². The Hall–Kier alpha value is -3.04. The molecule has 2 aromatic carbocycles. The van der Waals surface area contributed by atoms with Gasteiger partial charge in [0.25, 0.3) is 0 Å². The number of ether oxygens (including phenoxy) is 1. The van der Waals surface area contributed by atoms with Gasteiger partial charge in [-0.3, -0.25) is 9.69 Å². The van der Waals surface area contributed by atoms with Gasteiger partial charge in [0.15, 0.2) is 0 Å². The quantitative estimate of drug-likeness (QED) is 0.896. The minimum Gasteiger partial charge on any atom is -0.497 e. The summed E-state index contributed by atoms with van der Waals surface area (Å²) in [4.78, 5) is 16.7. The number of amides is 1. The molecule has 1 amide bonds. The van der Waals surface area contributed by atoms with Crippen LogP contribution in [0.25, 0.3) is 0 Å². The predicted molar refractivity (Wildman–Crippen MR) is 101 cm³/mol. The second-order valence-corrected chi connectivity index (χ2v) is 6.20. The molecular formula is C20H22N4O2. The minimum absolute atomic E-state index is 0.0574. The Kier molecular flexibility index (Phi) is 5.72. The van der Waals surface area contributed by atoms with Crippen LogP contribution in [0.4, 0.5) is 11.4 Å². The first kappa shape index (κ1) is 17.8. The van der Waals surface area contributed by atoms with Gasteiger partial charge in [-0.1, -0.05) is 6.07 Å². The zero-order chi connectivity index (χ0) is 18.4. The van der Waals surface area contributed by atoms with E-state index in [9.17, 15) is 4.79 Å². The van der Waals surface area contributed by atoms with E-state index in [0.717, 1.165) is 31.9 Å². The highest BCUT2D eigenvalue weighted by Gasteiger charge is 2.19. The van der Waals surface area contributed by atoms with Crippen molar-refractivity contribution in [1.82, 2.24) is 4.90 Å². The Morgan fingerprint density at radius 2 is 1.88 bits per heavy atom. The van der Waals surface area contributed by atoms with E-state index in [2.05, 4.69) is 33.3 Å². The van der Waals surface area contributed by atoms with Crippen LogP contribution >= 0.6 is 0 Å². The molecule has 0 atom stereocenters. The maximum Gasteiger partial charge on any atom is 0.238 e. The molecule has 6 heteroatoms. The molecule has 1 fully saturated rings. The van der Waals surface area contributed by atoms with Gasteiger partial charge in [0.1, 0.15) is 5.75 Å². The monoisotopic (exact) mass is 350 g/mol. The van der Waals surface area contributed by atoms with Crippen molar-refractivity contribution in [2.24, 2.45) is 0 Å². The minimum atomic E-state index is -0.0574. The number of nitriles is 1. The van der Waals surface area contributed by atoms with Gasteiger partial charge in [0.2, 0.25) is 5.91 Å². The fourth-order valence-electron chi connectivity index (χ4n) is 3.03. The normalized spacial score (nSPS) is 14.5. The van der Waals surface area contributed by atoms with Crippen molar-refractivity contribution in [3.8, 4) is 11.8 Å². The van der Waals surface area contributed by atoms with Crippen molar-refractivity contribution in [2.75, 3.05) is 50.1 Å². The molecule has 0 spiro atoms. The highest BCUT2D eigenvalue weighted by Crippen LogP contribution is 2.20. The molecule has 6 nitrogen and oxygen atoms in total. The predicted octanol–water partition coefficient (Wildman–Crippen LogP) is 2.33. The number of hydrogen-bond donors (Lipinski definition) is 1. The number of nitrogens with one attached hydrogen (secondary N) is 1. The number of nitrogens with zero attached hydrogens (tertiary/aromatic N) is 3. The first-order chi connectivity index (χ1) is 12.7. The fraction of sp³-hybridized carbons (Fsp3) is 0.300. The summed E-state index contributed by atoms with van der Waals surface area (Å²) < 4.78 is 5.19. The number of benzene rings is 2. The second kappa shape index (κ2) is 8.37. The first-order valence-electron chi connectivity index (χ1n) is 8.59. The van der Waals surface area contributed by atoms with Crippen molar-refractivity contribution in [3.05, 3.63) is 54.1 Å². The Morgan fingerprint density at radius 1 is 1.15 bits per heavy atom. The Bertz CT molecular complexity index is 790. The number of rotatable bonds is 5. The number of anilines is 2. The number of methoxy groups -OCH3 is 1. The summed E-state index contributed by atoms with van der Waals surface area (Å²) in [5, 5.41) is 11.8. The van der Waals surface area contributed by atoms with E-state index in [4.69, 9.17) is 10.00 Å². The lowest BCUT2D eigenvalue weighted by Gasteiger charge is -2.35. The first-order valence-corrected chi connectivity index (χ1v) is 8.59. The average molecular weight is 350 g/mol. The molecule has 1 N–H and O–H groups in total. The van der Waals surface area contributed by atoms with Crippen molar-refractivity contribution >= 4 is 17.3 Å². The van der Waals surface area contributed by atoms with Gasteiger partial charge in [-0.25, -0.2) is 0 Å². The van der Waals surface area contributed by atoms with Gasteiger partial charge in [0.05, 0.1) is 25.3 Å². The molecule has 26 heavy (non-hydrogen) atoms. The molecule has 0 aromatic heterocycles. The molecular weight excluding hydrogens is 328 g/mol. The molecule has 1 aliphatic rings. The van der Waals surface area contributed by atoms with Gasteiger partial charge in [-0.2, -0.15) is 5.26 Å². The van der Waals surface area contributed by atoms with E-state index in [1.807, 2.05) is 12.1 Å². The second-order valence-electron chi connectivity index (χ2n) is 6.20. The van der Waals surface area contributed by atoms with Crippen molar-refractivity contribution in [2.45, 2.75) is 0 Å². The van der Waals surface area contributed by atoms with Crippen molar-refractivity contribution < 1.29 is 9.53 Å². The molecule has 2 aromatic rings. The lowest BCUT2D eigenvalue weighted by atomic mass is 10.2. The van der Waals surface area contributed by atoms with Crippen LogP contribution in [0, 0.1) is 11.3 Å². The number of piperazine rings is 1. The third kappa shape index (κ3) is 4.52. The van der Waals surface area contributed by atoms with Gasteiger partial charge in [-0.05, 0) is 42.5 Å². The average Bonchev–Trinajstić information content (AvgIpc) is 2.69. The molecule has 0 radical (unpaired) electrons. The summed E-state index contributed by atoms with van der Waals surface area (Å²) in [5.74, 6) is 0.794. The van der Waals surface area contributed by atoms with E-state index in [1.54, 1.807) is 31.4 Å². The van der Waals surface area contributed by atoms with E-state index < -0.39 is 0 Å². The Morgan fingerprint density at radius 3 is 2.54 bits per heavy atom. The summed E-state index contributed by atoms with van der Waals surface area (Å²) in [5.41, 5.74) is 2.37. The highest BCUT2D eigenvalue weighted by atomic mass is 16.5. The fourth-order valence-corrected chi connectivity index (χ4v) is 3.03. The Balaban J connectivity index is 1.48. The maximum atomic E-state index is 12.2. The van der Waals surface area contributed by atoms with Gasteiger partial charge in [-0.15, -0.1) is 0 Å². The smallest absolute Gasteiger partial charge is 0.238 e. The lowest BCUT2D eigenvalue weighted by molar-refractivity contribution is -0.117. The SMILES string of the molecule is COc1ccc(N2CCN(CC(=O)Nc3cccc(C#N)c3)CC2)cc1. The van der Waals surface area contributed by atoms with E-state index in [-0.39, 0.29) is 5.91 Å². The van der Waals surface area contributed by atoms with Crippen LogP contribution in [0.2, 0.25) is 0 Å². The molecule has 0 aliphatic carbocycles. The number of hydrogen-bond acceptors (Lipinski definition) is 5. The highest BCUT2D eigenvalue weighted by molar-refractivity contribution is 5.92. The summed E-state index contributed by atoms with van der Waals surface area (Å²) in [6.07, 6.45) is 0. The third-order valence-electron chi connectivity index (χ3n) is 4.45. The van der Waals surface area contributed by atoms with Gasteiger partial charge < -0.3 is 15.0 Å². The van der Waals surface area contributed by atoms with E-state index in [1.165, 1.54) is 5.69 Å². The zero-order valence-electron chi connectivity index (χ0n) is 14.8. The van der Waals surface area contributed by atoms with Crippen molar-refractivity contribution in [3.63, 3.8) is 0 Å². The van der Waals surface area contributed by atoms with E-state index >= 15 is 0 Å². The maximum absolute atomic E-state index is 12.2. The lowest BCUT2D eigenvalue weighted by Crippen LogP contribution is -2.48. The van der Waals surface area contributed by atoms with Crippen LogP contribution in [0.3, 0.4) is 0 Å². The molecule has 1 saturated heterocycles. The summed E-state index contributed by atoms with van der Waals surface area (Å²) in [7, 11) is 1.66. The van der Waals surface area contributed by atoms with Crippen LogP contribution in [-0.4, -0.2) is 50.6 Å². The number of carbonyl (C=O) groups is 1. The van der Waals surface area contributed by atoms with Gasteiger partial charge >= 0.3 is 0 Å².